The van der Waals surface area contributed by atoms with E-state index in [1.54, 1.807) is 7.11 Å². The van der Waals surface area contributed by atoms with Crippen LogP contribution in [0.4, 0.5) is 0 Å². The van der Waals surface area contributed by atoms with Crippen molar-refractivity contribution in [3.8, 4) is 5.75 Å². The molecule has 0 bridgehead atoms. The lowest BCUT2D eigenvalue weighted by Crippen LogP contribution is -2.22. The smallest absolute Gasteiger partial charge is 0.138 e. The van der Waals surface area contributed by atoms with Crippen molar-refractivity contribution in [2.75, 3.05) is 14.2 Å². The molecule has 0 N–H and O–H groups in total. The first-order chi connectivity index (χ1) is 9.54. The van der Waals surface area contributed by atoms with Crippen LogP contribution in [0, 0.1) is 13.8 Å². The summed E-state index contributed by atoms with van der Waals surface area (Å²) in [5.41, 5.74) is 3.31. The van der Waals surface area contributed by atoms with Crippen LogP contribution < -0.4 is 4.74 Å². The maximum Gasteiger partial charge on any atom is 0.138 e. The van der Waals surface area contributed by atoms with Crippen LogP contribution in [-0.2, 0) is 6.54 Å². The minimum absolute atomic E-state index is 0.250. The summed E-state index contributed by atoms with van der Waals surface area (Å²) in [7, 11) is 3.81. The van der Waals surface area contributed by atoms with E-state index in [0.717, 1.165) is 29.3 Å². The number of benzene rings is 1. The molecule has 0 saturated carbocycles. The second kappa shape index (κ2) is 6.09. The van der Waals surface area contributed by atoms with Crippen molar-refractivity contribution in [2.24, 2.45) is 0 Å². The first kappa shape index (κ1) is 14.6. The molecule has 1 heterocycles. The van der Waals surface area contributed by atoms with Gasteiger partial charge in [-0.15, -0.1) is 0 Å². The normalized spacial score (nSPS) is 12.7. The SMILES string of the molecule is COc1ccccc1[C@@H](C)N(C)Cc1c(C)noc1C. The van der Waals surface area contributed by atoms with Gasteiger partial charge < -0.3 is 9.26 Å². The number of nitrogens with zero attached hydrogens (tertiary/aromatic N) is 2. The molecule has 2 rings (SSSR count). The van der Waals surface area contributed by atoms with Crippen LogP contribution in [0.5, 0.6) is 5.75 Å². The highest BCUT2D eigenvalue weighted by molar-refractivity contribution is 5.35. The lowest BCUT2D eigenvalue weighted by Gasteiger charge is -2.26. The summed E-state index contributed by atoms with van der Waals surface area (Å²) in [6.07, 6.45) is 0. The molecule has 0 spiro atoms. The molecular weight excluding hydrogens is 252 g/mol. The van der Waals surface area contributed by atoms with Gasteiger partial charge in [0.2, 0.25) is 0 Å². The quantitative estimate of drug-likeness (QED) is 0.836. The highest BCUT2D eigenvalue weighted by atomic mass is 16.5. The first-order valence-corrected chi connectivity index (χ1v) is 6.79. The second-order valence-electron chi connectivity index (χ2n) is 5.14. The number of hydrogen-bond acceptors (Lipinski definition) is 4. The van der Waals surface area contributed by atoms with Gasteiger partial charge in [-0.2, -0.15) is 0 Å². The maximum atomic E-state index is 5.44. The summed E-state index contributed by atoms with van der Waals surface area (Å²) < 4.78 is 10.7. The third-order valence-corrected chi connectivity index (χ3v) is 3.84. The molecule has 0 aliphatic rings. The number of para-hydroxylation sites is 1. The van der Waals surface area contributed by atoms with Crippen molar-refractivity contribution in [3.05, 3.63) is 46.8 Å². The fourth-order valence-electron chi connectivity index (χ4n) is 2.36. The molecular formula is C16H22N2O2. The topological polar surface area (TPSA) is 38.5 Å². The molecule has 20 heavy (non-hydrogen) atoms. The molecule has 4 heteroatoms. The molecule has 0 aliphatic carbocycles. The Morgan fingerprint density at radius 2 is 2.00 bits per heavy atom. The fourth-order valence-corrected chi connectivity index (χ4v) is 2.36. The van der Waals surface area contributed by atoms with Gasteiger partial charge in [0.1, 0.15) is 11.5 Å². The molecule has 4 nitrogen and oxygen atoms in total. The number of aromatic nitrogens is 1. The van der Waals surface area contributed by atoms with Crippen molar-refractivity contribution < 1.29 is 9.26 Å². The number of ether oxygens (including phenoxy) is 1. The Morgan fingerprint density at radius 3 is 2.60 bits per heavy atom. The van der Waals surface area contributed by atoms with Crippen LogP contribution in [-0.4, -0.2) is 24.2 Å². The van der Waals surface area contributed by atoms with Crippen molar-refractivity contribution in [3.63, 3.8) is 0 Å². The average Bonchev–Trinajstić information content (AvgIpc) is 2.78. The van der Waals surface area contributed by atoms with Gasteiger partial charge in [0.15, 0.2) is 0 Å². The molecule has 2 aromatic rings. The van der Waals surface area contributed by atoms with E-state index in [1.165, 1.54) is 5.56 Å². The number of hydrogen-bond donors (Lipinski definition) is 0. The Hall–Kier alpha value is -1.81. The molecule has 0 radical (unpaired) electrons. The lowest BCUT2D eigenvalue weighted by molar-refractivity contribution is 0.245. The van der Waals surface area contributed by atoms with Crippen LogP contribution in [0.2, 0.25) is 0 Å². The summed E-state index contributed by atoms with van der Waals surface area (Å²) in [6.45, 7) is 6.92. The van der Waals surface area contributed by atoms with Crippen LogP contribution in [0.3, 0.4) is 0 Å². The zero-order chi connectivity index (χ0) is 14.7. The predicted octanol–water partition coefficient (Wildman–Crippen LogP) is 3.49. The Kier molecular flexibility index (Phi) is 4.45. The molecule has 108 valence electrons. The Balaban J connectivity index is 2.18. The number of rotatable bonds is 5. The lowest BCUT2D eigenvalue weighted by atomic mass is 10.0. The summed E-state index contributed by atoms with van der Waals surface area (Å²) in [5.74, 6) is 1.81. The van der Waals surface area contributed by atoms with E-state index < -0.39 is 0 Å². The molecule has 1 aromatic carbocycles. The van der Waals surface area contributed by atoms with Gasteiger partial charge in [-0.05, 0) is 33.9 Å². The van der Waals surface area contributed by atoms with Gasteiger partial charge in [0, 0.05) is 23.7 Å². The van der Waals surface area contributed by atoms with E-state index >= 15 is 0 Å². The average molecular weight is 274 g/mol. The van der Waals surface area contributed by atoms with Crippen LogP contribution >= 0.6 is 0 Å². The molecule has 1 aromatic heterocycles. The predicted molar refractivity (Wildman–Crippen MR) is 78.9 cm³/mol. The summed E-state index contributed by atoms with van der Waals surface area (Å²) in [4.78, 5) is 2.27. The molecule has 0 aliphatic heterocycles. The van der Waals surface area contributed by atoms with Gasteiger partial charge in [0.25, 0.3) is 0 Å². The fraction of sp³-hybridized carbons (Fsp3) is 0.438. The van der Waals surface area contributed by atoms with Gasteiger partial charge in [0.05, 0.1) is 12.8 Å². The van der Waals surface area contributed by atoms with Crippen LogP contribution in [0.15, 0.2) is 28.8 Å². The summed E-state index contributed by atoms with van der Waals surface area (Å²) in [5, 5.41) is 4.01. The first-order valence-electron chi connectivity index (χ1n) is 6.79. The zero-order valence-corrected chi connectivity index (χ0v) is 12.8. The van der Waals surface area contributed by atoms with Crippen LogP contribution in [0.1, 0.15) is 35.5 Å². The highest BCUT2D eigenvalue weighted by Crippen LogP contribution is 2.29. The molecule has 1 atom stereocenters. The molecule has 0 fully saturated rings. The monoisotopic (exact) mass is 274 g/mol. The molecule has 0 saturated heterocycles. The third kappa shape index (κ3) is 2.85. The van der Waals surface area contributed by atoms with Crippen molar-refractivity contribution in [1.82, 2.24) is 10.1 Å². The standard InChI is InChI=1S/C16H22N2O2/c1-11-15(13(3)20-17-11)10-18(4)12(2)14-8-6-7-9-16(14)19-5/h6-9,12H,10H2,1-5H3/t12-/m1/s1. The van der Waals surface area contributed by atoms with Crippen molar-refractivity contribution in [2.45, 2.75) is 33.4 Å². The van der Waals surface area contributed by atoms with E-state index in [0.29, 0.717) is 0 Å². The minimum atomic E-state index is 0.250. The van der Waals surface area contributed by atoms with E-state index in [2.05, 4.69) is 30.1 Å². The Labute approximate surface area is 120 Å². The van der Waals surface area contributed by atoms with Crippen molar-refractivity contribution in [1.29, 1.82) is 0 Å². The molecule has 0 amide bonds. The summed E-state index contributed by atoms with van der Waals surface area (Å²) in [6, 6.07) is 8.38. The third-order valence-electron chi connectivity index (χ3n) is 3.84. The second-order valence-corrected chi connectivity index (χ2v) is 5.14. The largest absolute Gasteiger partial charge is 0.496 e. The minimum Gasteiger partial charge on any atom is -0.496 e. The van der Waals surface area contributed by atoms with Gasteiger partial charge in [-0.3, -0.25) is 4.90 Å². The molecule has 0 unspecified atom stereocenters. The van der Waals surface area contributed by atoms with Gasteiger partial charge >= 0.3 is 0 Å². The Morgan fingerprint density at radius 1 is 1.30 bits per heavy atom. The Bertz CT molecular complexity index is 558. The number of methoxy groups -OCH3 is 1. The summed E-state index contributed by atoms with van der Waals surface area (Å²) >= 11 is 0. The number of aryl methyl sites for hydroxylation is 2. The van der Waals surface area contributed by atoms with E-state index in [9.17, 15) is 0 Å². The van der Waals surface area contributed by atoms with E-state index in [-0.39, 0.29) is 6.04 Å². The van der Waals surface area contributed by atoms with E-state index in [4.69, 9.17) is 9.26 Å². The van der Waals surface area contributed by atoms with Crippen LogP contribution in [0.25, 0.3) is 0 Å². The van der Waals surface area contributed by atoms with E-state index in [1.807, 2.05) is 32.0 Å². The van der Waals surface area contributed by atoms with Gasteiger partial charge in [-0.25, -0.2) is 0 Å². The zero-order valence-electron chi connectivity index (χ0n) is 12.8. The highest BCUT2D eigenvalue weighted by Gasteiger charge is 2.18. The maximum absolute atomic E-state index is 5.44. The van der Waals surface area contributed by atoms with Crippen molar-refractivity contribution >= 4 is 0 Å². The van der Waals surface area contributed by atoms with Gasteiger partial charge in [-0.1, -0.05) is 23.4 Å².